The first-order valence-electron chi connectivity index (χ1n) is 6.30. The number of carboxylic acids is 1. The monoisotopic (exact) mass is 364 g/mol. The lowest BCUT2D eigenvalue weighted by atomic mass is 10.2. The van der Waals surface area contributed by atoms with Crippen LogP contribution in [0.2, 0.25) is 0 Å². The standard InChI is InChI=1S/C15H10BrFN2O3/c1-7-2-3-11(10(17)4-7)19-12-8-5-18-6-9(16)13(8)22-14(12)15(20)21/h2-6,19H,1H3,(H,20,21). The Kier molecular flexibility index (Phi) is 3.58. The Bertz CT molecular complexity index is 892. The molecule has 0 atom stereocenters. The smallest absolute Gasteiger partial charge is 0.374 e. The maximum atomic E-state index is 14.0. The van der Waals surface area contributed by atoms with Crippen molar-refractivity contribution in [3.8, 4) is 0 Å². The minimum absolute atomic E-state index is 0.163. The Hall–Kier alpha value is -2.41. The van der Waals surface area contributed by atoms with Crippen molar-refractivity contribution in [2.75, 3.05) is 5.32 Å². The minimum Gasteiger partial charge on any atom is -0.475 e. The second-order valence-electron chi connectivity index (χ2n) is 4.72. The van der Waals surface area contributed by atoms with E-state index in [0.717, 1.165) is 5.56 Å². The number of nitrogens with one attached hydrogen (secondary N) is 1. The van der Waals surface area contributed by atoms with E-state index in [2.05, 4.69) is 26.2 Å². The number of halogens is 2. The highest BCUT2D eigenvalue weighted by molar-refractivity contribution is 9.10. The van der Waals surface area contributed by atoms with Gasteiger partial charge in [0.15, 0.2) is 5.58 Å². The third-order valence-corrected chi connectivity index (χ3v) is 3.70. The number of pyridine rings is 1. The van der Waals surface area contributed by atoms with E-state index in [1.165, 1.54) is 18.5 Å². The van der Waals surface area contributed by atoms with Gasteiger partial charge in [-0.15, -0.1) is 0 Å². The van der Waals surface area contributed by atoms with Gasteiger partial charge in [0.25, 0.3) is 0 Å². The van der Waals surface area contributed by atoms with Gasteiger partial charge in [0.1, 0.15) is 11.5 Å². The van der Waals surface area contributed by atoms with E-state index in [4.69, 9.17) is 4.42 Å². The Morgan fingerprint density at radius 3 is 2.86 bits per heavy atom. The van der Waals surface area contributed by atoms with Crippen LogP contribution < -0.4 is 5.32 Å². The molecule has 0 spiro atoms. The largest absolute Gasteiger partial charge is 0.475 e. The van der Waals surface area contributed by atoms with Crippen LogP contribution in [0, 0.1) is 12.7 Å². The molecule has 0 fully saturated rings. The number of aromatic carboxylic acids is 1. The predicted octanol–water partition coefficient (Wildman–Crippen LogP) is 4.48. The summed E-state index contributed by atoms with van der Waals surface area (Å²) in [4.78, 5) is 15.4. The van der Waals surface area contributed by atoms with Crippen LogP contribution in [-0.4, -0.2) is 16.1 Å². The third-order valence-electron chi connectivity index (χ3n) is 3.13. The van der Waals surface area contributed by atoms with Crippen molar-refractivity contribution >= 4 is 44.2 Å². The molecular formula is C15H10BrFN2O3. The molecule has 0 unspecified atom stereocenters. The molecule has 0 saturated heterocycles. The van der Waals surface area contributed by atoms with Gasteiger partial charge in [0, 0.05) is 12.4 Å². The predicted molar refractivity (Wildman–Crippen MR) is 83.1 cm³/mol. The number of benzene rings is 1. The fourth-order valence-corrected chi connectivity index (χ4v) is 2.52. The van der Waals surface area contributed by atoms with Crippen LogP contribution in [0.15, 0.2) is 39.5 Å². The number of hydrogen-bond acceptors (Lipinski definition) is 4. The van der Waals surface area contributed by atoms with Crippen LogP contribution in [0.1, 0.15) is 16.1 Å². The lowest BCUT2D eigenvalue weighted by molar-refractivity contribution is 0.0666. The number of furan rings is 1. The van der Waals surface area contributed by atoms with Gasteiger partial charge in [-0.05, 0) is 40.5 Å². The summed E-state index contributed by atoms with van der Waals surface area (Å²) in [7, 11) is 0. The molecule has 22 heavy (non-hydrogen) atoms. The maximum absolute atomic E-state index is 14.0. The molecule has 0 aliphatic rings. The van der Waals surface area contributed by atoms with Crippen molar-refractivity contribution in [3.63, 3.8) is 0 Å². The number of anilines is 2. The molecule has 0 radical (unpaired) electrons. The molecule has 5 nitrogen and oxygen atoms in total. The van der Waals surface area contributed by atoms with Crippen molar-refractivity contribution in [1.82, 2.24) is 4.98 Å². The summed E-state index contributed by atoms with van der Waals surface area (Å²) in [6.07, 6.45) is 2.96. The first-order chi connectivity index (χ1) is 10.5. The summed E-state index contributed by atoms with van der Waals surface area (Å²) in [5.74, 6) is -2.03. The Morgan fingerprint density at radius 1 is 1.41 bits per heavy atom. The second kappa shape index (κ2) is 5.42. The zero-order valence-corrected chi connectivity index (χ0v) is 12.9. The molecule has 0 amide bonds. The molecule has 7 heteroatoms. The van der Waals surface area contributed by atoms with Crippen LogP contribution in [0.5, 0.6) is 0 Å². The van der Waals surface area contributed by atoms with Gasteiger partial charge in [-0.2, -0.15) is 0 Å². The molecule has 3 aromatic rings. The summed E-state index contributed by atoms with van der Waals surface area (Å²) in [6, 6.07) is 4.63. The van der Waals surface area contributed by atoms with Gasteiger partial charge in [0.05, 0.1) is 15.5 Å². The Morgan fingerprint density at radius 2 is 2.18 bits per heavy atom. The molecule has 0 bridgehead atoms. The molecular weight excluding hydrogens is 355 g/mol. The highest BCUT2D eigenvalue weighted by Gasteiger charge is 2.22. The number of rotatable bonds is 3. The summed E-state index contributed by atoms with van der Waals surface area (Å²) in [5, 5.41) is 12.5. The van der Waals surface area contributed by atoms with Gasteiger partial charge < -0.3 is 14.8 Å². The van der Waals surface area contributed by atoms with Gasteiger partial charge in [-0.1, -0.05) is 6.07 Å². The van der Waals surface area contributed by atoms with Crippen LogP contribution in [0.25, 0.3) is 11.0 Å². The summed E-state index contributed by atoms with van der Waals surface area (Å²) >= 11 is 3.25. The van der Waals surface area contributed by atoms with Gasteiger partial charge in [0.2, 0.25) is 5.76 Å². The lowest BCUT2D eigenvalue weighted by Crippen LogP contribution is -2.01. The normalized spacial score (nSPS) is 10.9. The number of carboxylic acid groups (broad SMARTS) is 1. The van der Waals surface area contributed by atoms with E-state index in [9.17, 15) is 14.3 Å². The number of nitrogens with zero attached hydrogens (tertiary/aromatic N) is 1. The molecule has 2 heterocycles. The van der Waals surface area contributed by atoms with Crippen LogP contribution >= 0.6 is 15.9 Å². The molecule has 0 saturated carbocycles. The Balaban J connectivity index is 2.18. The molecule has 2 aromatic heterocycles. The number of fused-ring (bicyclic) bond motifs is 1. The molecule has 3 rings (SSSR count). The Labute approximate surface area is 132 Å². The number of aromatic nitrogens is 1. The molecule has 112 valence electrons. The SMILES string of the molecule is Cc1ccc(Nc2c(C(=O)O)oc3c(Br)cncc23)c(F)c1. The zero-order chi connectivity index (χ0) is 15.9. The van der Waals surface area contributed by atoms with E-state index < -0.39 is 11.8 Å². The second-order valence-corrected chi connectivity index (χ2v) is 5.57. The van der Waals surface area contributed by atoms with Crippen LogP contribution in [0.4, 0.5) is 15.8 Å². The summed E-state index contributed by atoms with van der Waals surface area (Å²) < 4.78 is 19.9. The first kappa shape index (κ1) is 14.5. The van der Waals surface area contributed by atoms with E-state index in [1.807, 2.05) is 0 Å². The van der Waals surface area contributed by atoms with Crippen molar-refractivity contribution in [1.29, 1.82) is 0 Å². The number of aryl methyl sites for hydroxylation is 1. The van der Waals surface area contributed by atoms with E-state index in [0.29, 0.717) is 15.4 Å². The lowest BCUT2D eigenvalue weighted by Gasteiger charge is -2.07. The number of carbonyl (C=O) groups is 1. The average molecular weight is 365 g/mol. The van der Waals surface area contributed by atoms with E-state index in [-0.39, 0.29) is 17.1 Å². The van der Waals surface area contributed by atoms with Crippen molar-refractivity contribution in [2.24, 2.45) is 0 Å². The zero-order valence-electron chi connectivity index (χ0n) is 11.4. The van der Waals surface area contributed by atoms with E-state index in [1.54, 1.807) is 19.1 Å². The summed E-state index contributed by atoms with van der Waals surface area (Å²) in [5.41, 5.74) is 1.43. The summed E-state index contributed by atoms with van der Waals surface area (Å²) in [6.45, 7) is 1.77. The third kappa shape index (κ3) is 2.43. The molecule has 2 N–H and O–H groups in total. The quantitative estimate of drug-likeness (QED) is 0.716. The average Bonchev–Trinajstić information content (AvgIpc) is 2.82. The highest BCUT2D eigenvalue weighted by atomic mass is 79.9. The van der Waals surface area contributed by atoms with Crippen molar-refractivity contribution in [2.45, 2.75) is 6.92 Å². The van der Waals surface area contributed by atoms with Gasteiger partial charge in [-0.25, -0.2) is 9.18 Å². The van der Waals surface area contributed by atoms with Gasteiger partial charge >= 0.3 is 5.97 Å². The fourth-order valence-electron chi connectivity index (χ4n) is 2.11. The minimum atomic E-state index is -1.25. The number of hydrogen-bond donors (Lipinski definition) is 2. The maximum Gasteiger partial charge on any atom is 0.374 e. The molecule has 0 aliphatic carbocycles. The fraction of sp³-hybridized carbons (Fsp3) is 0.0667. The van der Waals surface area contributed by atoms with E-state index >= 15 is 0 Å². The highest BCUT2D eigenvalue weighted by Crippen LogP contribution is 2.36. The van der Waals surface area contributed by atoms with Gasteiger partial charge in [-0.3, -0.25) is 4.98 Å². The van der Waals surface area contributed by atoms with Crippen LogP contribution in [-0.2, 0) is 0 Å². The molecule has 1 aromatic carbocycles. The first-order valence-corrected chi connectivity index (χ1v) is 7.09. The van der Waals surface area contributed by atoms with Crippen LogP contribution in [0.3, 0.4) is 0 Å². The molecule has 0 aliphatic heterocycles. The van der Waals surface area contributed by atoms with Crippen molar-refractivity contribution in [3.05, 3.63) is 52.2 Å². The topological polar surface area (TPSA) is 75.4 Å². The van der Waals surface area contributed by atoms with Crippen molar-refractivity contribution < 1.29 is 18.7 Å².